The molecule has 0 N–H and O–H groups in total. The van der Waals surface area contributed by atoms with Crippen LogP contribution in [0.2, 0.25) is 0 Å². The van der Waals surface area contributed by atoms with Crippen molar-refractivity contribution in [2.75, 3.05) is 13.7 Å². The molecule has 1 aliphatic rings. The fourth-order valence-electron chi connectivity index (χ4n) is 1.59. The highest BCUT2D eigenvalue weighted by Crippen LogP contribution is 2.25. The van der Waals surface area contributed by atoms with Gasteiger partial charge in [-0.05, 0) is 30.5 Å². The number of carbonyl (C=O) groups is 1. The Morgan fingerprint density at radius 2 is 2.36 bits per heavy atom. The van der Waals surface area contributed by atoms with E-state index in [0.29, 0.717) is 5.56 Å². The van der Waals surface area contributed by atoms with Gasteiger partial charge in [-0.15, -0.1) is 0 Å². The number of carbonyl (C=O) groups excluding carboxylic acids is 1. The number of hydrogen-bond acceptors (Lipinski definition) is 3. The molecule has 1 aromatic rings. The normalized spacial score (nSPS) is 14.1. The van der Waals surface area contributed by atoms with Gasteiger partial charge in [-0.25, -0.2) is 4.79 Å². The fraction of sp³-hybridized carbons (Fsp3) is 0.364. The summed E-state index contributed by atoms with van der Waals surface area (Å²) in [6.07, 6.45) is 2.07. The zero-order valence-corrected chi connectivity index (χ0v) is 8.08. The Hall–Kier alpha value is -1.51. The van der Waals surface area contributed by atoms with E-state index in [9.17, 15) is 4.79 Å². The molecule has 0 aliphatic carbocycles. The van der Waals surface area contributed by atoms with Crippen LogP contribution < -0.4 is 4.74 Å². The molecule has 0 aromatic heterocycles. The lowest BCUT2D eigenvalue weighted by Gasteiger charge is -2.17. The standard InChI is InChI=1S/C11H12O3/c1-13-11(12)9-5-4-8-3-2-6-14-10(8)7-9/h4-5,7H,2-3,6H2,1H3. The molecule has 0 fully saturated rings. The topological polar surface area (TPSA) is 35.5 Å². The van der Waals surface area contributed by atoms with E-state index in [-0.39, 0.29) is 5.97 Å². The molecule has 0 radical (unpaired) electrons. The van der Waals surface area contributed by atoms with Crippen LogP contribution in [0.25, 0.3) is 0 Å². The minimum absolute atomic E-state index is 0.318. The Morgan fingerprint density at radius 1 is 1.50 bits per heavy atom. The van der Waals surface area contributed by atoms with Crippen molar-refractivity contribution in [1.29, 1.82) is 0 Å². The van der Waals surface area contributed by atoms with Crippen LogP contribution in [0.1, 0.15) is 22.3 Å². The minimum atomic E-state index is -0.318. The van der Waals surface area contributed by atoms with Crippen LogP contribution in [0, 0.1) is 0 Å². The van der Waals surface area contributed by atoms with E-state index in [4.69, 9.17) is 4.74 Å². The van der Waals surface area contributed by atoms with Gasteiger partial charge in [-0.1, -0.05) is 6.07 Å². The van der Waals surface area contributed by atoms with Crippen LogP contribution in [-0.2, 0) is 11.2 Å². The van der Waals surface area contributed by atoms with Gasteiger partial charge in [0.25, 0.3) is 0 Å². The first-order chi connectivity index (χ1) is 6.81. The number of ether oxygens (including phenoxy) is 2. The van der Waals surface area contributed by atoms with E-state index in [0.717, 1.165) is 25.2 Å². The number of rotatable bonds is 1. The van der Waals surface area contributed by atoms with E-state index in [1.54, 1.807) is 12.1 Å². The van der Waals surface area contributed by atoms with Crippen molar-refractivity contribution in [3.05, 3.63) is 29.3 Å². The summed E-state index contributed by atoms with van der Waals surface area (Å²) in [7, 11) is 1.38. The number of esters is 1. The van der Waals surface area contributed by atoms with Crippen molar-refractivity contribution >= 4 is 5.97 Å². The second-order valence-electron chi connectivity index (χ2n) is 3.27. The lowest BCUT2D eigenvalue weighted by atomic mass is 10.0. The molecule has 1 aromatic carbocycles. The lowest BCUT2D eigenvalue weighted by molar-refractivity contribution is 0.0600. The maximum absolute atomic E-state index is 11.2. The molecule has 74 valence electrons. The van der Waals surface area contributed by atoms with Gasteiger partial charge in [0.15, 0.2) is 0 Å². The summed E-state index contributed by atoms with van der Waals surface area (Å²) in [5, 5.41) is 0. The monoisotopic (exact) mass is 192 g/mol. The minimum Gasteiger partial charge on any atom is -0.493 e. The first-order valence-electron chi connectivity index (χ1n) is 4.65. The van der Waals surface area contributed by atoms with Crippen LogP contribution in [0.4, 0.5) is 0 Å². The third kappa shape index (κ3) is 1.58. The summed E-state index contributed by atoms with van der Waals surface area (Å²) in [4.78, 5) is 11.2. The summed E-state index contributed by atoms with van der Waals surface area (Å²) < 4.78 is 10.1. The molecule has 0 amide bonds. The highest BCUT2D eigenvalue weighted by Gasteiger charge is 2.13. The summed E-state index contributed by atoms with van der Waals surface area (Å²) >= 11 is 0. The van der Waals surface area contributed by atoms with Crippen molar-refractivity contribution in [3.63, 3.8) is 0 Å². The second-order valence-corrected chi connectivity index (χ2v) is 3.27. The van der Waals surface area contributed by atoms with E-state index < -0.39 is 0 Å². The molecule has 3 nitrogen and oxygen atoms in total. The Labute approximate surface area is 82.6 Å². The highest BCUT2D eigenvalue weighted by molar-refractivity contribution is 5.89. The first-order valence-corrected chi connectivity index (χ1v) is 4.65. The zero-order chi connectivity index (χ0) is 9.97. The Kier molecular flexibility index (Phi) is 2.39. The van der Waals surface area contributed by atoms with Crippen molar-refractivity contribution in [2.45, 2.75) is 12.8 Å². The molecule has 0 atom stereocenters. The van der Waals surface area contributed by atoms with Crippen LogP contribution in [0.5, 0.6) is 5.75 Å². The van der Waals surface area contributed by atoms with Gasteiger partial charge < -0.3 is 9.47 Å². The molecule has 0 spiro atoms. The number of aryl methyl sites for hydroxylation is 1. The average Bonchev–Trinajstić information content (AvgIpc) is 2.27. The Balaban J connectivity index is 2.33. The fourth-order valence-corrected chi connectivity index (χ4v) is 1.59. The lowest BCUT2D eigenvalue weighted by Crippen LogP contribution is -2.10. The summed E-state index contributed by atoms with van der Waals surface area (Å²) in [5.41, 5.74) is 1.72. The third-order valence-electron chi connectivity index (χ3n) is 2.34. The predicted octanol–water partition coefficient (Wildman–Crippen LogP) is 1.80. The molecule has 0 bridgehead atoms. The second kappa shape index (κ2) is 3.70. The molecule has 1 heterocycles. The maximum atomic E-state index is 11.2. The summed E-state index contributed by atoms with van der Waals surface area (Å²) in [6.45, 7) is 0.734. The third-order valence-corrected chi connectivity index (χ3v) is 2.34. The van der Waals surface area contributed by atoms with Gasteiger partial charge in [0.2, 0.25) is 0 Å². The van der Waals surface area contributed by atoms with E-state index >= 15 is 0 Å². The first kappa shape index (κ1) is 9.06. The predicted molar refractivity (Wildman–Crippen MR) is 51.6 cm³/mol. The van der Waals surface area contributed by atoms with E-state index in [1.165, 1.54) is 12.7 Å². The molecule has 14 heavy (non-hydrogen) atoms. The maximum Gasteiger partial charge on any atom is 0.337 e. The largest absolute Gasteiger partial charge is 0.493 e. The summed E-state index contributed by atoms with van der Waals surface area (Å²) in [5.74, 6) is 0.501. The highest BCUT2D eigenvalue weighted by atomic mass is 16.5. The molecule has 1 aliphatic heterocycles. The summed E-state index contributed by atoms with van der Waals surface area (Å²) in [6, 6.07) is 5.46. The van der Waals surface area contributed by atoms with E-state index in [2.05, 4.69) is 4.74 Å². The Morgan fingerprint density at radius 3 is 3.14 bits per heavy atom. The number of methoxy groups -OCH3 is 1. The van der Waals surface area contributed by atoms with Crippen molar-refractivity contribution in [1.82, 2.24) is 0 Å². The van der Waals surface area contributed by atoms with Gasteiger partial charge in [0, 0.05) is 0 Å². The van der Waals surface area contributed by atoms with Crippen LogP contribution in [0.15, 0.2) is 18.2 Å². The van der Waals surface area contributed by atoms with Gasteiger partial charge in [-0.3, -0.25) is 0 Å². The molecular weight excluding hydrogens is 180 g/mol. The molecular formula is C11H12O3. The van der Waals surface area contributed by atoms with Crippen molar-refractivity contribution < 1.29 is 14.3 Å². The van der Waals surface area contributed by atoms with Gasteiger partial charge in [0.05, 0.1) is 19.3 Å². The van der Waals surface area contributed by atoms with Crippen LogP contribution in [-0.4, -0.2) is 19.7 Å². The quantitative estimate of drug-likeness (QED) is 0.636. The number of benzene rings is 1. The Bertz CT molecular complexity index is 358. The van der Waals surface area contributed by atoms with Gasteiger partial charge in [-0.2, -0.15) is 0 Å². The molecule has 0 saturated carbocycles. The molecule has 2 rings (SSSR count). The average molecular weight is 192 g/mol. The molecule has 3 heteroatoms. The van der Waals surface area contributed by atoms with Gasteiger partial charge >= 0.3 is 5.97 Å². The van der Waals surface area contributed by atoms with Crippen molar-refractivity contribution in [2.24, 2.45) is 0 Å². The van der Waals surface area contributed by atoms with Crippen LogP contribution in [0.3, 0.4) is 0 Å². The number of hydrogen-bond donors (Lipinski definition) is 0. The van der Waals surface area contributed by atoms with E-state index in [1.807, 2.05) is 6.07 Å². The van der Waals surface area contributed by atoms with Crippen molar-refractivity contribution in [3.8, 4) is 5.75 Å². The smallest absolute Gasteiger partial charge is 0.337 e. The SMILES string of the molecule is COC(=O)c1ccc2c(c1)OCCC2. The molecule has 0 unspecified atom stereocenters. The molecule has 0 saturated heterocycles. The zero-order valence-electron chi connectivity index (χ0n) is 8.08. The van der Waals surface area contributed by atoms with Gasteiger partial charge in [0.1, 0.15) is 5.75 Å². The van der Waals surface area contributed by atoms with Crippen LogP contribution >= 0.6 is 0 Å². The number of fused-ring (bicyclic) bond motifs is 1.